The summed E-state index contributed by atoms with van der Waals surface area (Å²) in [5, 5.41) is 9.17. The number of hydrogen-bond acceptors (Lipinski definition) is 1. The molecule has 0 aromatic heterocycles. The van der Waals surface area contributed by atoms with Crippen LogP contribution in [0.4, 0.5) is 0 Å². The van der Waals surface area contributed by atoms with Crippen molar-refractivity contribution in [1.82, 2.24) is 0 Å². The molecule has 1 N–H and O–H groups in total. The standard InChI is InChI=1S/C6H9BrO/c7-5-3-1-2-4-6-8/h8H,1,3,5-6H2. The molecule has 0 saturated heterocycles. The van der Waals surface area contributed by atoms with Gasteiger partial charge in [0.1, 0.15) is 6.61 Å². The number of rotatable bonds is 2. The Morgan fingerprint density at radius 3 is 2.62 bits per heavy atom. The van der Waals surface area contributed by atoms with E-state index >= 15 is 0 Å². The summed E-state index contributed by atoms with van der Waals surface area (Å²) >= 11 is 3.27. The molecular formula is C6H9BrO. The molecule has 0 amide bonds. The molecular weight excluding hydrogens is 168 g/mol. The Morgan fingerprint density at radius 2 is 2.12 bits per heavy atom. The molecule has 0 fully saturated rings. The maximum absolute atomic E-state index is 8.18. The van der Waals surface area contributed by atoms with Crippen LogP contribution in [0.25, 0.3) is 0 Å². The van der Waals surface area contributed by atoms with Crippen molar-refractivity contribution in [2.45, 2.75) is 12.8 Å². The van der Waals surface area contributed by atoms with E-state index in [4.69, 9.17) is 5.11 Å². The molecule has 8 heavy (non-hydrogen) atoms. The van der Waals surface area contributed by atoms with Gasteiger partial charge in [0.25, 0.3) is 0 Å². The van der Waals surface area contributed by atoms with Crippen LogP contribution in [0.5, 0.6) is 0 Å². The quantitative estimate of drug-likeness (QED) is 0.381. The molecule has 0 heterocycles. The van der Waals surface area contributed by atoms with Gasteiger partial charge in [-0.15, -0.1) is 5.92 Å². The molecule has 2 heteroatoms. The zero-order valence-electron chi connectivity index (χ0n) is 4.65. The first-order valence-electron chi connectivity index (χ1n) is 2.54. The lowest BCUT2D eigenvalue weighted by Crippen LogP contribution is -1.73. The highest BCUT2D eigenvalue weighted by Crippen LogP contribution is 1.90. The first-order valence-corrected chi connectivity index (χ1v) is 3.66. The molecule has 0 aliphatic carbocycles. The van der Waals surface area contributed by atoms with E-state index in [1.807, 2.05) is 0 Å². The van der Waals surface area contributed by atoms with E-state index in [2.05, 4.69) is 27.8 Å². The molecule has 0 aliphatic heterocycles. The topological polar surface area (TPSA) is 20.2 Å². The molecule has 0 spiro atoms. The van der Waals surface area contributed by atoms with Crippen LogP contribution in [0.3, 0.4) is 0 Å². The smallest absolute Gasteiger partial charge is 0.104 e. The van der Waals surface area contributed by atoms with E-state index in [1.165, 1.54) is 0 Å². The summed E-state index contributed by atoms with van der Waals surface area (Å²) in [6.07, 6.45) is 1.94. The minimum Gasteiger partial charge on any atom is -0.384 e. The third kappa shape index (κ3) is 6.00. The van der Waals surface area contributed by atoms with Crippen molar-refractivity contribution in [3.8, 4) is 11.8 Å². The van der Waals surface area contributed by atoms with Crippen LogP contribution in [0.15, 0.2) is 0 Å². The lowest BCUT2D eigenvalue weighted by molar-refractivity contribution is 0.350. The van der Waals surface area contributed by atoms with Gasteiger partial charge in [0.05, 0.1) is 0 Å². The lowest BCUT2D eigenvalue weighted by Gasteiger charge is -1.80. The van der Waals surface area contributed by atoms with Gasteiger partial charge in [-0.05, 0) is 6.42 Å². The largest absolute Gasteiger partial charge is 0.384 e. The minimum atomic E-state index is -0.0116. The van der Waals surface area contributed by atoms with Crippen molar-refractivity contribution >= 4 is 15.9 Å². The van der Waals surface area contributed by atoms with Crippen molar-refractivity contribution in [2.24, 2.45) is 0 Å². The van der Waals surface area contributed by atoms with Crippen LogP contribution in [0, 0.1) is 11.8 Å². The highest BCUT2D eigenvalue weighted by atomic mass is 79.9. The predicted molar refractivity (Wildman–Crippen MR) is 37.9 cm³/mol. The van der Waals surface area contributed by atoms with E-state index in [0.29, 0.717) is 0 Å². The molecule has 46 valence electrons. The zero-order chi connectivity index (χ0) is 6.24. The van der Waals surface area contributed by atoms with Gasteiger partial charge < -0.3 is 5.11 Å². The molecule has 1 nitrogen and oxygen atoms in total. The Labute approximate surface area is 58.2 Å². The molecule has 0 atom stereocenters. The van der Waals surface area contributed by atoms with Crippen LogP contribution in [-0.2, 0) is 0 Å². The van der Waals surface area contributed by atoms with E-state index in [9.17, 15) is 0 Å². The van der Waals surface area contributed by atoms with Crippen LogP contribution in [-0.4, -0.2) is 17.0 Å². The molecule has 0 rings (SSSR count). The summed E-state index contributed by atoms with van der Waals surface area (Å²) in [6.45, 7) is -0.0116. The molecule has 0 saturated carbocycles. The molecule has 0 aliphatic rings. The van der Waals surface area contributed by atoms with E-state index < -0.39 is 0 Å². The fourth-order valence-corrected chi connectivity index (χ4v) is 0.580. The Bertz CT molecular complexity index is 90.4. The van der Waals surface area contributed by atoms with Gasteiger partial charge in [-0.1, -0.05) is 21.9 Å². The van der Waals surface area contributed by atoms with E-state index in [0.717, 1.165) is 18.2 Å². The maximum atomic E-state index is 8.18. The predicted octanol–water partition coefficient (Wildman–Crippen LogP) is 1.16. The minimum absolute atomic E-state index is 0.0116. The van der Waals surface area contributed by atoms with E-state index in [-0.39, 0.29) is 6.61 Å². The van der Waals surface area contributed by atoms with Crippen molar-refractivity contribution in [1.29, 1.82) is 0 Å². The summed E-state index contributed by atoms with van der Waals surface area (Å²) in [7, 11) is 0. The maximum Gasteiger partial charge on any atom is 0.104 e. The highest BCUT2D eigenvalue weighted by molar-refractivity contribution is 9.09. The van der Waals surface area contributed by atoms with Gasteiger partial charge >= 0.3 is 0 Å². The van der Waals surface area contributed by atoms with E-state index in [1.54, 1.807) is 0 Å². The monoisotopic (exact) mass is 176 g/mol. The summed E-state index contributed by atoms with van der Waals surface area (Å²) in [5.41, 5.74) is 0. The van der Waals surface area contributed by atoms with Gasteiger partial charge in [-0.2, -0.15) is 0 Å². The second kappa shape index (κ2) is 7.00. The van der Waals surface area contributed by atoms with Crippen molar-refractivity contribution < 1.29 is 5.11 Å². The third-order valence-electron chi connectivity index (χ3n) is 0.639. The Morgan fingerprint density at radius 1 is 1.38 bits per heavy atom. The summed E-state index contributed by atoms with van der Waals surface area (Å²) < 4.78 is 0. The summed E-state index contributed by atoms with van der Waals surface area (Å²) in [4.78, 5) is 0. The Balaban J connectivity index is 2.90. The van der Waals surface area contributed by atoms with Gasteiger partial charge in [0.2, 0.25) is 0 Å². The molecule has 0 unspecified atom stereocenters. The normalized spacial score (nSPS) is 7.75. The second-order valence-corrected chi connectivity index (χ2v) is 2.10. The fourth-order valence-electron chi connectivity index (χ4n) is 0.299. The number of unbranched alkanes of at least 4 members (excludes halogenated alkanes) is 1. The molecule has 0 aromatic carbocycles. The van der Waals surface area contributed by atoms with Crippen LogP contribution >= 0.6 is 15.9 Å². The number of alkyl halides is 1. The van der Waals surface area contributed by atoms with Crippen LogP contribution in [0.1, 0.15) is 12.8 Å². The Hall–Kier alpha value is 0. The van der Waals surface area contributed by atoms with Crippen molar-refractivity contribution in [3.05, 3.63) is 0 Å². The summed E-state index contributed by atoms with van der Waals surface area (Å²) in [5.74, 6) is 5.37. The number of aliphatic hydroxyl groups excluding tert-OH is 1. The van der Waals surface area contributed by atoms with Gasteiger partial charge in [0, 0.05) is 11.8 Å². The van der Waals surface area contributed by atoms with Gasteiger partial charge in [-0.3, -0.25) is 0 Å². The SMILES string of the molecule is OCC#CCCCBr. The molecule has 0 aromatic rings. The average molecular weight is 177 g/mol. The highest BCUT2D eigenvalue weighted by Gasteiger charge is 1.75. The second-order valence-electron chi connectivity index (χ2n) is 1.30. The van der Waals surface area contributed by atoms with Crippen LogP contribution in [0.2, 0.25) is 0 Å². The average Bonchev–Trinajstić information content (AvgIpc) is 1.81. The molecule has 0 bridgehead atoms. The summed E-state index contributed by atoms with van der Waals surface area (Å²) in [6, 6.07) is 0. The van der Waals surface area contributed by atoms with Gasteiger partial charge in [-0.25, -0.2) is 0 Å². The zero-order valence-corrected chi connectivity index (χ0v) is 6.24. The lowest BCUT2D eigenvalue weighted by atomic mass is 10.3. The number of hydrogen-bond donors (Lipinski definition) is 1. The third-order valence-corrected chi connectivity index (χ3v) is 1.20. The molecule has 0 radical (unpaired) electrons. The van der Waals surface area contributed by atoms with Gasteiger partial charge in [0.15, 0.2) is 0 Å². The first kappa shape index (κ1) is 8.00. The van der Waals surface area contributed by atoms with Crippen LogP contribution < -0.4 is 0 Å². The van der Waals surface area contributed by atoms with Crippen molar-refractivity contribution in [2.75, 3.05) is 11.9 Å². The first-order chi connectivity index (χ1) is 3.91. The number of aliphatic hydroxyl groups is 1. The number of halogens is 1. The van der Waals surface area contributed by atoms with Crippen molar-refractivity contribution in [3.63, 3.8) is 0 Å². The fraction of sp³-hybridized carbons (Fsp3) is 0.667. The Kier molecular flexibility index (Phi) is 7.00.